The van der Waals surface area contributed by atoms with Crippen LogP contribution >= 0.6 is 11.6 Å². The van der Waals surface area contributed by atoms with Crippen LogP contribution in [-0.2, 0) is 10.0 Å². The first-order chi connectivity index (χ1) is 12.2. The summed E-state index contributed by atoms with van der Waals surface area (Å²) < 4.78 is 27.8. The first kappa shape index (κ1) is 19.2. The number of aryl methyl sites for hydroxylation is 4. The van der Waals surface area contributed by atoms with Crippen molar-refractivity contribution in [1.82, 2.24) is 4.31 Å². The molecule has 2 aromatic carbocycles. The lowest BCUT2D eigenvalue weighted by Gasteiger charge is -2.36. The maximum absolute atomic E-state index is 13.1. The molecule has 0 unspecified atom stereocenters. The average molecular weight is 393 g/mol. The van der Waals surface area contributed by atoms with Crippen LogP contribution in [0.4, 0.5) is 5.69 Å². The molecule has 6 heteroatoms. The van der Waals surface area contributed by atoms with Crippen LogP contribution in [0.25, 0.3) is 0 Å². The van der Waals surface area contributed by atoms with Gasteiger partial charge in [-0.1, -0.05) is 29.3 Å². The molecule has 3 rings (SSSR count). The fraction of sp³-hybridized carbons (Fsp3) is 0.400. The van der Waals surface area contributed by atoms with Gasteiger partial charge in [-0.2, -0.15) is 4.31 Å². The summed E-state index contributed by atoms with van der Waals surface area (Å²) in [7, 11) is -3.51. The van der Waals surface area contributed by atoms with Gasteiger partial charge >= 0.3 is 0 Å². The number of halogens is 1. The van der Waals surface area contributed by atoms with Crippen molar-refractivity contribution in [2.75, 3.05) is 31.1 Å². The molecule has 0 bridgehead atoms. The van der Waals surface area contributed by atoms with Crippen LogP contribution in [0, 0.1) is 27.7 Å². The molecule has 0 saturated carbocycles. The van der Waals surface area contributed by atoms with E-state index in [-0.39, 0.29) is 0 Å². The highest BCUT2D eigenvalue weighted by molar-refractivity contribution is 7.89. The van der Waals surface area contributed by atoms with E-state index in [9.17, 15) is 8.42 Å². The van der Waals surface area contributed by atoms with E-state index in [1.807, 2.05) is 6.92 Å². The lowest BCUT2D eigenvalue weighted by Crippen LogP contribution is -2.49. The molecule has 1 saturated heterocycles. The van der Waals surface area contributed by atoms with Crippen molar-refractivity contribution in [2.24, 2.45) is 0 Å². The summed E-state index contributed by atoms with van der Waals surface area (Å²) in [5.41, 5.74) is 5.12. The zero-order valence-corrected chi connectivity index (χ0v) is 17.3. The highest BCUT2D eigenvalue weighted by Gasteiger charge is 2.30. The van der Waals surface area contributed by atoms with E-state index in [2.05, 4.69) is 36.9 Å². The largest absolute Gasteiger partial charge is 0.369 e. The van der Waals surface area contributed by atoms with E-state index in [0.29, 0.717) is 41.7 Å². The third-order valence-corrected chi connectivity index (χ3v) is 7.45. The monoisotopic (exact) mass is 392 g/mol. The Kier molecular flexibility index (Phi) is 5.33. The Hall–Kier alpha value is -1.56. The Morgan fingerprint density at radius 1 is 0.846 bits per heavy atom. The standard InChI is InChI=1S/C20H25ClN2O2S/c1-14-5-6-19(16(3)11-14)22-7-9-23(10-8-22)26(24,25)20-13-15(2)18(21)12-17(20)4/h5-6,11-13H,7-10H2,1-4H3. The van der Waals surface area contributed by atoms with Crippen LogP contribution in [0.5, 0.6) is 0 Å². The average Bonchev–Trinajstić information content (AvgIpc) is 2.58. The second-order valence-corrected chi connectivity index (χ2v) is 9.36. The quantitative estimate of drug-likeness (QED) is 0.790. The van der Waals surface area contributed by atoms with E-state index >= 15 is 0 Å². The first-order valence-corrected chi connectivity index (χ1v) is 10.6. The molecule has 0 amide bonds. The van der Waals surface area contributed by atoms with Gasteiger partial charge in [0.05, 0.1) is 4.90 Å². The van der Waals surface area contributed by atoms with E-state index in [0.717, 1.165) is 5.56 Å². The van der Waals surface area contributed by atoms with Gasteiger partial charge in [0.15, 0.2) is 0 Å². The van der Waals surface area contributed by atoms with Crippen molar-refractivity contribution in [3.8, 4) is 0 Å². The molecule has 140 valence electrons. The Bertz CT molecular complexity index is 933. The maximum Gasteiger partial charge on any atom is 0.243 e. The summed E-state index contributed by atoms with van der Waals surface area (Å²) in [5.74, 6) is 0. The Labute approximate surface area is 161 Å². The van der Waals surface area contributed by atoms with Crippen LogP contribution in [-0.4, -0.2) is 38.9 Å². The molecule has 0 radical (unpaired) electrons. The highest BCUT2D eigenvalue weighted by atomic mass is 35.5. The molecule has 0 N–H and O–H groups in total. The van der Waals surface area contributed by atoms with Gasteiger partial charge in [0, 0.05) is 36.9 Å². The van der Waals surface area contributed by atoms with E-state index in [1.165, 1.54) is 16.8 Å². The fourth-order valence-electron chi connectivity index (χ4n) is 3.50. The summed E-state index contributed by atoms with van der Waals surface area (Å²) in [5, 5.41) is 0.598. The molecule has 0 aliphatic carbocycles. The van der Waals surface area contributed by atoms with Crippen LogP contribution in [0.3, 0.4) is 0 Å². The minimum Gasteiger partial charge on any atom is -0.369 e. The number of hydrogen-bond acceptors (Lipinski definition) is 3. The van der Waals surface area contributed by atoms with Gasteiger partial charge in [0.2, 0.25) is 10.0 Å². The van der Waals surface area contributed by atoms with Crippen LogP contribution in [0.2, 0.25) is 5.02 Å². The Balaban J connectivity index is 1.80. The summed E-state index contributed by atoms with van der Waals surface area (Å²) in [4.78, 5) is 2.63. The molecule has 26 heavy (non-hydrogen) atoms. The number of anilines is 1. The molecule has 2 aromatic rings. The summed E-state index contributed by atoms with van der Waals surface area (Å²) >= 11 is 6.12. The Morgan fingerprint density at radius 3 is 2.12 bits per heavy atom. The van der Waals surface area contributed by atoms with Crippen molar-refractivity contribution in [1.29, 1.82) is 0 Å². The predicted octanol–water partition coefficient (Wildman–Crippen LogP) is 4.08. The first-order valence-electron chi connectivity index (χ1n) is 8.79. The SMILES string of the molecule is Cc1ccc(N2CCN(S(=O)(=O)c3cc(C)c(Cl)cc3C)CC2)c(C)c1. The van der Waals surface area contributed by atoms with Crippen molar-refractivity contribution >= 4 is 27.3 Å². The van der Waals surface area contributed by atoms with E-state index < -0.39 is 10.0 Å². The molecule has 4 nitrogen and oxygen atoms in total. The molecule has 1 fully saturated rings. The van der Waals surface area contributed by atoms with Gasteiger partial charge in [-0.25, -0.2) is 8.42 Å². The summed E-state index contributed by atoms with van der Waals surface area (Å²) in [6.07, 6.45) is 0. The van der Waals surface area contributed by atoms with Gasteiger partial charge in [-0.05, 0) is 62.6 Å². The highest BCUT2D eigenvalue weighted by Crippen LogP contribution is 2.28. The predicted molar refractivity (Wildman–Crippen MR) is 108 cm³/mol. The molecule has 1 aliphatic rings. The second-order valence-electron chi connectivity index (χ2n) is 7.05. The number of hydrogen-bond donors (Lipinski definition) is 0. The molecular weight excluding hydrogens is 368 g/mol. The number of rotatable bonds is 3. The van der Waals surface area contributed by atoms with Gasteiger partial charge in [0.25, 0.3) is 0 Å². The number of benzene rings is 2. The zero-order valence-electron chi connectivity index (χ0n) is 15.7. The van der Waals surface area contributed by atoms with Crippen molar-refractivity contribution < 1.29 is 8.42 Å². The van der Waals surface area contributed by atoms with Crippen LogP contribution < -0.4 is 4.90 Å². The van der Waals surface area contributed by atoms with E-state index in [1.54, 1.807) is 23.4 Å². The third kappa shape index (κ3) is 3.61. The number of sulfonamides is 1. The normalized spacial score (nSPS) is 16.1. The smallest absolute Gasteiger partial charge is 0.243 e. The number of nitrogens with zero attached hydrogens (tertiary/aromatic N) is 2. The van der Waals surface area contributed by atoms with Crippen molar-refractivity contribution in [2.45, 2.75) is 32.6 Å². The molecule has 0 atom stereocenters. The molecular formula is C20H25ClN2O2S. The van der Waals surface area contributed by atoms with Gasteiger partial charge in [-0.3, -0.25) is 0 Å². The van der Waals surface area contributed by atoms with Crippen molar-refractivity contribution in [3.63, 3.8) is 0 Å². The second kappa shape index (κ2) is 7.22. The zero-order chi connectivity index (χ0) is 19.1. The molecule has 0 aromatic heterocycles. The molecule has 1 aliphatic heterocycles. The van der Waals surface area contributed by atoms with E-state index in [4.69, 9.17) is 11.6 Å². The Morgan fingerprint density at radius 2 is 1.50 bits per heavy atom. The minimum absolute atomic E-state index is 0.361. The van der Waals surface area contributed by atoms with Gasteiger partial charge in [-0.15, -0.1) is 0 Å². The molecule has 0 spiro atoms. The van der Waals surface area contributed by atoms with Crippen LogP contribution in [0.15, 0.2) is 35.2 Å². The van der Waals surface area contributed by atoms with Gasteiger partial charge < -0.3 is 4.90 Å². The summed E-state index contributed by atoms with van der Waals surface area (Å²) in [6, 6.07) is 9.81. The lowest BCUT2D eigenvalue weighted by molar-refractivity contribution is 0.384. The van der Waals surface area contributed by atoms with Crippen LogP contribution in [0.1, 0.15) is 22.3 Å². The topological polar surface area (TPSA) is 40.6 Å². The van der Waals surface area contributed by atoms with Crippen molar-refractivity contribution in [3.05, 3.63) is 57.6 Å². The third-order valence-electron chi connectivity index (χ3n) is 5.01. The fourth-order valence-corrected chi connectivity index (χ4v) is 5.43. The number of piperazine rings is 1. The van der Waals surface area contributed by atoms with Gasteiger partial charge in [0.1, 0.15) is 0 Å². The summed E-state index contributed by atoms with van der Waals surface area (Å²) in [6.45, 7) is 10.2. The molecule has 1 heterocycles. The minimum atomic E-state index is -3.51. The maximum atomic E-state index is 13.1. The lowest BCUT2D eigenvalue weighted by atomic mass is 10.1.